The summed E-state index contributed by atoms with van der Waals surface area (Å²) in [5.41, 5.74) is 4.20. The van der Waals surface area contributed by atoms with Gasteiger partial charge in [-0.3, -0.25) is 19.3 Å². The second kappa shape index (κ2) is 12.1. The van der Waals surface area contributed by atoms with Crippen LogP contribution < -0.4 is 10.2 Å². The number of nitrogens with zero attached hydrogens (tertiary/aromatic N) is 2. The Hall–Kier alpha value is -3.19. The number of hydrogen-bond acceptors (Lipinski definition) is 5. The van der Waals surface area contributed by atoms with Crippen LogP contribution in [0, 0.1) is 6.92 Å². The molecule has 5 rings (SSSR count). The van der Waals surface area contributed by atoms with Gasteiger partial charge in [-0.2, -0.15) is 0 Å². The van der Waals surface area contributed by atoms with E-state index in [1.165, 1.54) is 5.69 Å². The van der Waals surface area contributed by atoms with E-state index < -0.39 is 0 Å². The molecular formula is C30H31Cl2N3O3. The van der Waals surface area contributed by atoms with Crippen LogP contribution in [-0.2, 0) is 0 Å². The number of benzene rings is 3. The SMILES string of the molecule is Cc1c(Cl)cccc1N1CCN(CCCCNC(=O)c2ccc3c(c2)C(=O)c2ccccc2C3=O)CC1.Cl. The van der Waals surface area contributed by atoms with Crippen molar-refractivity contribution in [1.82, 2.24) is 10.2 Å². The van der Waals surface area contributed by atoms with Crippen molar-refractivity contribution in [1.29, 1.82) is 0 Å². The Bertz CT molecular complexity index is 1370. The van der Waals surface area contributed by atoms with E-state index in [9.17, 15) is 14.4 Å². The number of carbonyl (C=O) groups excluding carboxylic acids is 3. The van der Waals surface area contributed by atoms with Crippen LogP contribution in [0.3, 0.4) is 0 Å². The maximum absolute atomic E-state index is 12.9. The summed E-state index contributed by atoms with van der Waals surface area (Å²) in [7, 11) is 0. The van der Waals surface area contributed by atoms with Gasteiger partial charge in [0.1, 0.15) is 0 Å². The summed E-state index contributed by atoms with van der Waals surface area (Å²) in [5.74, 6) is -0.626. The Morgan fingerprint density at radius 1 is 0.842 bits per heavy atom. The highest BCUT2D eigenvalue weighted by molar-refractivity contribution is 6.31. The standard InChI is InChI=1S/C30H30ClN3O3.ClH/c1-20-26(31)9-6-10-27(20)34-17-15-33(16-18-34)14-5-4-13-32-30(37)21-11-12-24-25(19-21)29(36)23-8-3-2-7-22(23)28(24)35;/h2-3,6-12,19H,4-5,13-18H2,1H3,(H,32,37);1H. The van der Waals surface area contributed by atoms with Crippen molar-refractivity contribution in [3.63, 3.8) is 0 Å². The third-order valence-corrected chi connectivity index (χ3v) is 7.74. The molecule has 1 aliphatic heterocycles. The minimum atomic E-state index is -0.229. The fourth-order valence-electron chi connectivity index (χ4n) is 5.16. The Morgan fingerprint density at radius 3 is 2.21 bits per heavy atom. The molecule has 0 spiro atoms. The first kappa shape index (κ1) is 27.8. The molecule has 3 aromatic carbocycles. The summed E-state index contributed by atoms with van der Waals surface area (Å²) in [5, 5.41) is 3.76. The number of unbranched alkanes of at least 4 members (excludes halogenated alkanes) is 1. The zero-order valence-electron chi connectivity index (χ0n) is 21.3. The van der Waals surface area contributed by atoms with Crippen LogP contribution in [0.25, 0.3) is 0 Å². The van der Waals surface area contributed by atoms with E-state index >= 15 is 0 Å². The summed E-state index contributed by atoms with van der Waals surface area (Å²) >= 11 is 6.29. The number of piperazine rings is 1. The highest BCUT2D eigenvalue weighted by atomic mass is 35.5. The molecule has 198 valence electrons. The topological polar surface area (TPSA) is 69.7 Å². The van der Waals surface area contributed by atoms with Gasteiger partial charge in [-0.1, -0.05) is 41.9 Å². The fourth-order valence-corrected chi connectivity index (χ4v) is 5.33. The maximum Gasteiger partial charge on any atom is 0.251 e. The molecule has 1 fully saturated rings. The average molecular weight is 553 g/mol. The monoisotopic (exact) mass is 551 g/mol. The van der Waals surface area contributed by atoms with E-state index in [1.54, 1.807) is 42.5 Å². The van der Waals surface area contributed by atoms with E-state index in [1.807, 2.05) is 12.1 Å². The molecule has 0 bridgehead atoms. The summed E-state index contributed by atoms with van der Waals surface area (Å²) < 4.78 is 0. The van der Waals surface area contributed by atoms with Crippen molar-refractivity contribution in [2.24, 2.45) is 0 Å². The Balaban J connectivity index is 0.00000336. The Kier molecular flexibility index (Phi) is 8.87. The van der Waals surface area contributed by atoms with Crippen LogP contribution in [0.15, 0.2) is 60.7 Å². The van der Waals surface area contributed by atoms with Crippen LogP contribution in [0.4, 0.5) is 5.69 Å². The second-order valence-electron chi connectivity index (χ2n) is 9.64. The first-order chi connectivity index (χ1) is 17.9. The number of hydrogen-bond donors (Lipinski definition) is 1. The van der Waals surface area contributed by atoms with Crippen molar-refractivity contribution in [2.45, 2.75) is 19.8 Å². The van der Waals surface area contributed by atoms with E-state index in [0.717, 1.165) is 56.2 Å². The highest BCUT2D eigenvalue weighted by Gasteiger charge is 2.30. The van der Waals surface area contributed by atoms with Gasteiger partial charge in [0.15, 0.2) is 11.6 Å². The van der Waals surface area contributed by atoms with Crippen molar-refractivity contribution in [2.75, 3.05) is 44.2 Å². The molecule has 0 saturated carbocycles. The number of halogens is 2. The lowest BCUT2D eigenvalue weighted by Crippen LogP contribution is -2.46. The first-order valence-electron chi connectivity index (χ1n) is 12.8. The van der Waals surface area contributed by atoms with Crippen molar-refractivity contribution in [3.05, 3.63) is 99.1 Å². The van der Waals surface area contributed by atoms with Gasteiger partial charge in [-0.25, -0.2) is 0 Å². The number of rotatable bonds is 7. The minimum absolute atomic E-state index is 0. The molecule has 38 heavy (non-hydrogen) atoms. The van der Waals surface area contributed by atoms with Crippen LogP contribution in [0.1, 0.15) is 60.6 Å². The molecule has 1 saturated heterocycles. The zero-order valence-corrected chi connectivity index (χ0v) is 22.9. The number of nitrogens with one attached hydrogen (secondary N) is 1. The summed E-state index contributed by atoms with van der Waals surface area (Å²) in [6, 6.07) is 17.6. The Labute approximate surface area is 234 Å². The molecule has 1 N–H and O–H groups in total. The third-order valence-electron chi connectivity index (χ3n) is 7.33. The van der Waals surface area contributed by atoms with Gasteiger partial charge in [0.2, 0.25) is 0 Å². The van der Waals surface area contributed by atoms with Crippen LogP contribution >= 0.6 is 24.0 Å². The van der Waals surface area contributed by atoms with Gasteiger partial charge in [0, 0.05) is 71.3 Å². The molecular weight excluding hydrogens is 521 g/mol. The highest BCUT2D eigenvalue weighted by Crippen LogP contribution is 2.28. The summed E-state index contributed by atoms with van der Waals surface area (Å²) in [6.07, 6.45) is 1.86. The lowest BCUT2D eigenvalue weighted by molar-refractivity contribution is 0.0950. The quantitative estimate of drug-likeness (QED) is 0.320. The normalized spacial score (nSPS) is 14.9. The number of anilines is 1. The molecule has 0 unspecified atom stereocenters. The number of carbonyl (C=O) groups is 3. The lowest BCUT2D eigenvalue weighted by Gasteiger charge is -2.37. The molecule has 8 heteroatoms. The molecule has 2 aliphatic rings. The summed E-state index contributed by atoms with van der Waals surface area (Å²) in [4.78, 5) is 43.3. The minimum Gasteiger partial charge on any atom is -0.369 e. The average Bonchev–Trinajstić information content (AvgIpc) is 2.93. The molecule has 0 atom stereocenters. The van der Waals surface area contributed by atoms with Gasteiger partial charge in [-0.05, 0) is 62.2 Å². The number of fused-ring (bicyclic) bond motifs is 2. The molecule has 6 nitrogen and oxygen atoms in total. The molecule has 3 aromatic rings. The van der Waals surface area contributed by atoms with Gasteiger partial charge >= 0.3 is 0 Å². The molecule has 1 amide bonds. The molecule has 0 radical (unpaired) electrons. The van der Waals surface area contributed by atoms with Crippen LogP contribution in [0.2, 0.25) is 5.02 Å². The van der Waals surface area contributed by atoms with E-state index in [4.69, 9.17) is 11.6 Å². The zero-order chi connectivity index (χ0) is 25.9. The van der Waals surface area contributed by atoms with E-state index in [2.05, 4.69) is 28.1 Å². The predicted molar refractivity (Wildman–Crippen MR) is 153 cm³/mol. The second-order valence-corrected chi connectivity index (χ2v) is 10.0. The smallest absolute Gasteiger partial charge is 0.251 e. The molecule has 0 aromatic heterocycles. The van der Waals surface area contributed by atoms with Crippen LogP contribution in [-0.4, -0.2) is 61.6 Å². The largest absolute Gasteiger partial charge is 0.369 e. The van der Waals surface area contributed by atoms with Crippen molar-refractivity contribution >= 4 is 47.2 Å². The Morgan fingerprint density at radius 2 is 1.50 bits per heavy atom. The number of ketones is 2. The fraction of sp³-hybridized carbons (Fsp3) is 0.300. The number of amides is 1. The van der Waals surface area contributed by atoms with Crippen LogP contribution in [0.5, 0.6) is 0 Å². The van der Waals surface area contributed by atoms with Gasteiger partial charge in [0.05, 0.1) is 0 Å². The summed E-state index contributed by atoms with van der Waals surface area (Å²) in [6.45, 7) is 7.58. The third kappa shape index (κ3) is 5.63. The molecule has 1 heterocycles. The molecule has 1 aliphatic carbocycles. The lowest BCUT2D eigenvalue weighted by atomic mass is 9.83. The maximum atomic E-state index is 12.9. The van der Waals surface area contributed by atoms with Gasteiger partial charge < -0.3 is 10.2 Å². The first-order valence-corrected chi connectivity index (χ1v) is 13.1. The van der Waals surface area contributed by atoms with Crippen molar-refractivity contribution < 1.29 is 14.4 Å². The predicted octanol–water partition coefficient (Wildman–Crippen LogP) is 5.18. The van der Waals surface area contributed by atoms with E-state index in [0.29, 0.717) is 34.4 Å². The van der Waals surface area contributed by atoms with Gasteiger partial charge in [0.25, 0.3) is 5.91 Å². The van der Waals surface area contributed by atoms with E-state index in [-0.39, 0.29) is 29.9 Å². The van der Waals surface area contributed by atoms with Gasteiger partial charge in [-0.15, -0.1) is 12.4 Å². The van der Waals surface area contributed by atoms with Crippen molar-refractivity contribution in [3.8, 4) is 0 Å².